The van der Waals surface area contributed by atoms with Crippen LogP contribution < -0.4 is 5.32 Å². The molecule has 19 heavy (non-hydrogen) atoms. The van der Waals surface area contributed by atoms with Crippen molar-refractivity contribution in [2.45, 2.75) is 11.8 Å². The second kappa shape index (κ2) is 5.88. The van der Waals surface area contributed by atoms with Crippen molar-refractivity contribution in [3.05, 3.63) is 48.3 Å². The molecule has 1 aromatic heterocycles. The summed E-state index contributed by atoms with van der Waals surface area (Å²) in [5, 5.41) is 12.5. The lowest BCUT2D eigenvalue weighted by Gasteiger charge is -2.09. The molecule has 0 amide bonds. The smallest absolute Gasteiger partial charge is 0.157 e. The molecule has 1 aliphatic rings. The highest BCUT2D eigenvalue weighted by atomic mass is 32.2. The summed E-state index contributed by atoms with van der Waals surface area (Å²) in [7, 11) is 0. The second-order valence-corrected chi connectivity index (χ2v) is 5.45. The van der Waals surface area contributed by atoms with E-state index in [9.17, 15) is 0 Å². The summed E-state index contributed by atoms with van der Waals surface area (Å²) in [5.74, 6) is 0. The van der Waals surface area contributed by atoms with Gasteiger partial charge >= 0.3 is 0 Å². The van der Waals surface area contributed by atoms with Gasteiger partial charge in [-0.25, -0.2) is 0 Å². The molecule has 98 valence electrons. The fourth-order valence-electron chi connectivity index (χ4n) is 1.94. The molecular weight excluding hydrogens is 258 g/mol. The van der Waals surface area contributed by atoms with Crippen LogP contribution in [0.3, 0.4) is 0 Å². The molecule has 1 aromatic carbocycles. The predicted molar refractivity (Wildman–Crippen MR) is 77.1 cm³/mol. The summed E-state index contributed by atoms with van der Waals surface area (Å²) in [4.78, 5) is 4.54. The summed E-state index contributed by atoms with van der Waals surface area (Å²) >= 11 is 1.79. The molecule has 0 spiro atoms. The lowest BCUT2D eigenvalue weighted by molar-refractivity contribution is 0.581. The standard InChI is InChI=1S/C13H15N5S/c1-2-4-11(5-3-1)12-10-15-13(19-12)14-6-8-18-9-7-16-17-18/h1-5,7,9,12H,6,8,10H2,(H,14,15). The minimum absolute atomic E-state index is 0.440. The van der Waals surface area contributed by atoms with Gasteiger partial charge in [0.25, 0.3) is 0 Å². The minimum atomic E-state index is 0.440. The summed E-state index contributed by atoms with van der Waals surface area (Å²) in [6, 6.07) is 10.5. The van der Waals surface area contributed by atoms with E-state index in [4.69, 9.17) is 0 Å². The van der Waals surface area contributed by atoms with Crippen molar-refractivity contribution in [2.75, 3.05) is 13.1 Å². The van der Waals surface area contributed by atoms with Crippen molar-refractivity contribution >= 4 is 16.9 Å². The SMILES string of the molecule is c1ccc(C2CN=C(NCCn3ccnn3)S2)cc1. The molecule has 1 aliphatic heterocycles. The molecular formula is C13H15N5S. The van der Waals surface area contributed by atoms with Crippen LogP contribution >= 0.6 is 11.8 Å². The Morgan fingerprint density at radius 1 is 1.32 bits per heavy atom. The maximum Gasteiger partial charge on any atom is 0.157 e. The molecule has 0 bridgehead atoms. The molecule has 0 radical (unpaired) electrons. The van der Waals surface area contributed by atoms with Gasteiger partial charge in [0.2, 0.25) is 0 Å². The summed E-state index contributed by atoms with van der Waals surface area (Å²) < 4.78 is 1.81. The van der Waals surface area contributed by atoms with Crippen LogP contribution in [0.15, 0.2) is 47.7 Å². The van der Waals surface area contributed by atoms with E-state index in [1.165, 1.54) is 5.56 Å². The summed E-state index contributed by atoms with van der Waals surface area (Å²) in [6.45, 7) is 2.46. The zero-order valence-corrected chi connectivity index (χ0v) is 11.3. The third kappa shape index (κ3) is 3.14. The van der Waals surface area contributed by atoms with Crippen molar-refractivity contribution in [1.29, 1.82) is 0 Å². The molecule has 1 N–H and O–H groups in total. The quantitative estimate of drug-likeness (QED) is 0.921. The van der Waals surface area contributed by atoms with Gasteiger partial charge in [-0.05, 0) is 5.56 Å². The van der Waals surface area contributed by atoms with Gasteiger partial charge in [-0.1, -0.05) is 47.3 Å². The van der Waals surface area contributed by atoms with Crippen LogP contribution in [0.2, 0.25) is 0 Å². The van der Waals surface area contributed by atoms with E-state index in [1.54, 1.807) is 18.0 Å². The van der Waals surface area contributed by atoms with Gasteiger partial charge in [-0.2, -0.15) is 0 Å². The first-order chi connectivity index (χ1) is 9.42. The summed E-state index contributed by atoms with van der Waals surface area (Å²) in [5.41, 5.74) is 1.34. The van der Waals surface area contributed by atoms with Crippen LogP contribution in [0.25, 0.3) is 0 Å². The number of benzene rings is 1. The molecule has 0 saturated carbocycles. The third-order valence-electron chi connectivity index (χ3n) is 2.92. The van der Waals surface area contributed by atoms with E-state index < -0.39 is 0 Å². The highest BCUT2D eigenvalue weighted by Gasteiger charge is 2.20. The molecule has 5 nitrogen and oxygen atoms in total. The first kappa shape index (κ1) is 12.2. The van der Waals surface area contributed by atoms with Gasteiger partial charge in [-0.3, -0.25) is 9.67 Å². The maximum atomic E-state index is 4.54. The Balaban J connectivity index is 1.47. The molecule has 2 aromatic rings. The Morgan fingerprint density at radius 3 is 3.00 bits per heavy atom. The zero-order valence-electron chi connectivity index (χ0n) is 10.4. The Hall–Kier alpha value is -1.82. The zero-order chi connectivity index (χ0) is 12.9. The van der Waals surface area contributed by atoms with Gasteiger partial charge in [-0.15, -0.1) is 5.10 Å². The lowest BCUT2D eigenvalue weighted by atomic mass is 10.1. The topological polar surface area (TPSA) is 55.1 Å². The number of amidine groups is 1. The average molecular weight is 273 g/mol. The van der Waals surface area contributed by atoms with Crippen LogP contribution in [0.4, 0.5) is 0 Å². The fourth-order valence-corrected chi connectivity index (χ4v) is 2.99. The Labute approximate surface area is 116 Å². The number of rotatable bonds is 4. The molecule has 0 saturated heterocycles. The van der Waals surface area contributed by atoms with E-state index in [0.717, 1.165) is 24.8 Å². The number of hydrogen-bond acceptors (Lipinski definition) is 5. The highest BCUT2D eigenvalue weighted by molar-refractivity contribution is 8.14. The van der Waals surface area contributed by atoms with Gasteiger partial charge in [0, 0.05) is 12.7 Å². The van der Waals surface area contributed by atoms with Crippen molar-refractivity contribution in [2.24, 2.45) is 4.99 Å². The Kier molecular flexibility index (Phi) is 3.78. The Morgan fingerprint density at radius 2 is 2.21 bits per heavy atom. The van der Waals surface area contributed by atoms with Crippen molar-refractivity contribution in [3.8, 4) is 0 Å². The van der Waals surface area contributed by atoms with Crippen molar-refractivity contribution in [3.63, 3.8) is 0 Å². The molecule has 1 unspecified atom stereocenters. The number of aromatic nitrogens is 3. The van der Waals surface area contributed by atoms with Gasteiger partial charge < -0.3 is 5.32 Å². The first-order valence-electron chi connectivity index (χ1n) is 6.26. The summed E-state index contributed by atoms with van der Waals surface area (Å²) in [6.07, 6.45) is 3.55. The molecule has 0 aliphatic carbocycles. The van der Waals surface area contributed by atoms with E-state index in [1.807, 2.05) is 16.9 Å². The van der Waals surface area contributed by atoms with Crippen LogP contribution in [0.5, 0.6) is 0 Å². The van der Waals surface area contributed by atoms with E-state index in [-0.39, 0.29) is 0 Å². The number of aliphatic imine (C=N–C) groups is 1. The average Bonchev–Trinajstić information content (AvgIpc) is 3.11. The number of nitrogens with zero attached hydrogens (tertiary/aromatic N) is 4. The van der Waals surface area contributed by atoms with Crippen LogP contribution in [-0.2, 0) is 6.54 Å². The second-order valence-electron chi connectivity index (χ2n) is 4.26. The highest BCUT2D eigenvalue weighted by Crippen LogP contribution is 2.33. The largest absolute Gasteiger partial charge is 0.363 e. The molecule has 3 rings (SSSR count). The van der Waals surface area contributed by atoms with Gasteiger partial charge in [0.05, 0.1) is 24.5 Å². The molecule has 2 heterocycles. The molecule has 1 atom stereocenters. The van der Waals surface area contributed by atoms with Crippen LogP contribution in [0.1, 0.15) is 10.8 Å². The predicted octanol–water partition coefficient (Wildman–Crippen LogP) is 1.71. The van der Waals surface area contributed by atoms with E-state index in [0.29, 0.717) is 5.25 Å². The van der Waals surface area contributed by atoms with Crippen LogP contribution in [0, 0.1) is 0 Å². The van der Waals surface area contributed by atoms with Crippen molar-refractivity contribution < 1.29 is 0 Å². The van der Waals surface area contributed by atoms with E-state index >= 15 is 0 Å². The molecule has 0 fully saturated rings. The fraction of sp³-hybridized carbons (Fsp3) is 0.308. The number of nitrogens with one attached hydrogen (secondary N) is 1. The van der Waals surface area contributed by atoms with Crippen molar-refractivity contribution in [1.82, 2.24) is 20.3 Å². The number of hydrogen-bond donors (Lipinski definition) is 1. The first-order valence-corrected chi connectivity index (χ1v) is 7.14. The normalized spacial score (nSPS) is 18.3. The molecule has 6 heteroatoms. The lowest BCUT2D eigenvalue weighted by Crippen LogP contribution is -2.24. The monoisotopic (exact) mass is 273 g/mol. The third-order valence-corrected chi connectivity index (χ3v) is 4.12. The minimum Gasteiger partial charge on any atom is -0.363 e. The maximum absolute atomic E-state index is 4.54. The van der Waals surface area contributed by atoms with Gasteiger partial charge in [0.15, 0.2) is 5.17 Å². The van der Waals surface area contributed by atoms with E-state index in [2.05, 4.69) is 44.9 Å². The Bertz CT molecular complexity index is 537. The van der Waals surface area contributed by atoms with Crippen LogP contribution in [-0.4, -0.2) is 33.3 Å². The van der Waals surface area contributed by atoms with Gasteiger partial charge in [0.1, 0.15) is 0 Å². The number of thioether (sulfide) groups is 1.